The van der Waals surface area contributed by atoms with E-state index in [9.17, 15) is 9.59 Å². The number of carbonyl (C=O) groups is 2. The Balaban J connectivity index is 2.03. The van der Waals surface area contributed by atoms with E-state index >= 15 is 0 Å². The number of benzene rings is 3. The summed E-state index contributed by atoms with van der Waals surface area (Å²) in [5.74, 6) is 0.198. The number of hydrogen-bond donors (Lipinski definition) is 0. The largest absolute Gasteiger partial charge is 0.497 e. The zero-order chi connectivity index (χ0) is 16.9. The van der Waals surface area contributed by atoms with E-state index in [1.807, 2.05) is 36.4 Å². The molecule has 0 heterocycles. The van der Waals surface area contributed by atoms with Crippen LogP contribution in [0.1, 0.15) is 31.8 Å². The third-order valence-corrected chi connectivity index (χ3v) is 3.74. The van der Waals surface area contributed by atoms with Crippen LogP contribution in [0.2, 0.25) is 0 Å². The summed E-state index contributed by atoms with van der Waals surface area (Å²) in [7, 11) is 1.52. The van der Waals surface area contributed by atoms with Crippen molar-refractivity contribution in [3.05, 3.63) is 101 Å². The van der Waals surface area contributed by atoms with Gasteiger partial charge < -0.3 is 4.74 Å². The molecule has 3 aromatic rings. The van der Waals surface area contributed by atoms with Crippen LogP contribution in [0.25, 0.3) is 0 Å². The van der Waals surface area contributed by atoms with Crippen LogP contribution < -0.4 is 4.74 Å². The van der Waals surface area contributed by atoms with Crippen molar-refractivity contribution in [2.75, 3.05) is 7.11 Å². The number of carbonyl (C=O) groups excluding carboxylic acids is 2. The molecule has 0 aliphatic heterocycles. The first-order valence-electron chi connectivity index (χ1n) is 7.57. The molecule has 0 amide bonds. The molecular weight excluding hydrogens is 300 g/mol. The van der Waals surface area contributed by atoms with Gasteiger partial charge in [-0.3, -0.25) is 9.59 Å². The van der Waals surface area contributed by atoms with Gasteiger partial charge in [0.25, 0.3) is 0 Å². The average molecular weight is 316 g/mol. The zero-order valence-electron chi connectivity index (χ0n) is 13.2. The molecule has 0 radical (unpaired) electrons. The van der Waals surface area contributed by atoms with Gasteiger partial charge in [0.1, 0.15) is 5.75 Å². The highest BCUT2D eigenvalue weighted by atomic mass is 16.5. The average Bonchev–Trinajstić information content (AvgIpc) is 2.67. The molecule has 0 N–H and O–H groups in total. The first kappa shape index (κ1) is 15.7. The predicted octanol–water partition coefficient (Wildman–Crippen LogP) is 4.16. The first-order chi connectivity index (χ1) is 11.7. The van der Waals surface area contributed by atoms with Crippen molar-refractivity contribution in [2.45, 2.75) is 0 Å². The molecule has 0 aliphatic carbocycles. The first-order valence-corrected chi connectivity index (χ1v) is 7.57. The van der Waals surface area contributed by atoms with Crippen LogP contribution in [0.4, 0.5) is 0 Å². The Kier molecular flexibility index (Phi) is 4.52. The second-order valence-corrected chi connectivity index (χ2v) is 5.34. The van der Waals surface area contributed by atoms with Crippen molar-refractivity contribution in [3.63, 3.8) is 0 Å². The highest BCUT2D eigenvalue weighted by molar-refractivity contribution is 6.13. The van der Waals surface area contributed by atoms with Crippen molar-refractivity contribution in [3.8, 4) is 5.75 Å². The molecule has 0 spiro atoms. The number of ether oxygens (including phenoxy) is 1. The summed E-state index contributed by atoms with van der Waals surface area (Å²) in [6.45, 7) is 0. The maximum Gasteiger partial charge on any atom is 0.193 e. The fourth-order valence-electron chi connectivity index (χ4n) is 2.49. The van der Waals surface area contributed by atoms with Crippen molar-refractivity contribution in [2.24, 2.45) is 0 Å². The maximum absolute atomic E-state index is 12.7. The summed E-state index contributed by atoms with van der Waals surface area (Å²) in [6, 6.07) is 22.9. The summed E-state index contributed by atoms with van der Waals surface area (Å²) in [5.41, 5.74) is 2.01. The Bertz CT molecular complexity index is 798. The molecule has 0 aliphatic rings. The normalized spacial score (nSPS) is 10.2. The fourth-order valence-corrected chi connectivity index (χ4v) is 2.49. The Labute approximate surface area is 140 Å². The fraction of sp³-hybridized carbons (Fsp3) is 0.0476. The molecule has 118 valence electrons. The van der Waals surface area contributed by atoms with Crippen molar-refractivity contribution < 1.29 is 14.3 Å². The Morgan fingerprint density at radius 2 is 1.04 bits per heavy atom. The summed E-state index contributed by atoms with van der Waals surface area (Å²) in [4.78, 5) is 25.3. The van der Waals surface area contributed by atoms with Crippen LogP contribution in [0.5, 0.6) is 5.75 Å². The van der Waals surface area contributed by atoms with Gasteiger partial charge in [0.2, 0.25) is 0 Å². The highest BCUT2D eigenvalue weighted by Crippen LogP contribution is 2.22. The van der Waals surface area contributed by atoms with E-state index in [0.717, 1.165) is 0 Å². The minimum Gasteiger partial charge on any atom is -0.497 e. The summed E-state index contributed by atoms with van der Waals surface area (Å²) in [5, 5.41) is 0. The Morgan fingerprint density at radius 3 is 1.42 bits per heavy atom. The summed E-state index contributed by atoms with van der Waals surface area (Å²) < 4.78 is 5.26. The lowest BCUT2D eigenvalue weighted by molar-refractivity contribution is 0.103. The van der Waals surface area contributed by atoms with Gasteiger partial charge in [-0.25, -0.2) is 0 Å². The van der Waals surface area contributed by atoms with E-state index in [0.29, 0.717) is 28.0 Å². The van der Waals surface area contributed by atoms with E-state index < -0.39 is 0 Å². The molecule has 3 rings (SSSR count). The van der Waals surface area contributed by atoms with E-state index in [-0.39, 0.29) is 11.6 Å². The molecule has 0 saturated heterocycles. The van der Waals surface area contributed by atoms with Crippen LogP contribution in [-0.4, -0.2) is 18.7 Å². The number of methoxy groups -OCH3 is 1. The minimum atomic E-state index is -0.142. The highest BCUT2D eigenvalue weighted by Gasteiger charge is 2.16. The van der Waals surface area contributed by atoms with Gasteiger partial charge in [0.15, 0.2) is 11.6 Å². The van der Waals surface area contributed by atoms with Gasteiger partial charge in [-0.15, -0.1) is 0 Å². The summed E-state index contributed by atoms with van der Waals surface area (Å²) in [6.07, 6.45) is 0. The molecule has 3 nitrogen and oxygen atoms in total. The van der Waals surface area contributed by atoms with Gasteiger partial charge in [-0.2, -0.15) is 0 Å². The van der Waals surface area contributed by atoms with Crippen LogP contribution in [0.15, 0.2) is 78.9 Å². The molecule has 0 bridgehead atoms. The second kappa shape index (κ2) is 6.92. The van der Waals surface area contributed by atoms with Crippen LogP contribution in [0.3, 0.4) is 0 Å². The predicted molar refractivity (Wildman–Crippen MR) is 92.7 cm³/mol. The maximum atomic E-state index is 12.7. The lowest BCUT2D eigenvalue weighted by Gasteiger charge is -2.08. The third-order valence-electron chi connectivity index (χ3n) is 3.74. The van der Waals surface area contributed by atoms with Gasteiger partial charge in [-0.1, -0.05) is 60.7 Å². The van der Waals surface area contributed by atoms with Gasteiger partial charge >= 0.3 is 0 Å². The standard InChI is InChI=1S/C21H16O3/c1-24-19-13-17(20(22)15-8-4-2-5-9-15)12-18(14-19)21(23)16-10-6-3-7-11-16/h2-14H,1H3. The van der Waals surface area contributed by atoms with Crippen LogP contribution in [-0.2, 0) is 0 Å². The van der Waals surface area contributed by atoms with E-state index in [1.165, 1.54) is 7.11 Å². The zero-order valence-corrected chi connectivity index (χ0v) is 13.2. The smallest absolute Gasteiger partial charge is 0.193 e. The molecule has 24 heavy (non-hydrogen) atoms. The van der Waals surface area contributed by atoms with Gasteiger partial charge in [0.05, 0.1) is 7.11 Å². The number of ketones is 2. The van der Waals surface area contributed by atoms with Crippen molar-refractivity contribution in [1.82, 2.24) is 0 Å². The quantitative estimate of drug-likeness (QED) is 0.664. The van der Waals surface area contributed by atoms with E-state index in [2.05, 4.69) is 0 Å². The van der Waals surface area contributed by atoms with Crippen LogP contribution >= 0.6 is 0 Å². The minimum absolute atomic E-state index is 0.142. The number of hydrogen-bond acceptors (Lipinski definition) is 3. The third kappa shape index (κ3) is 3.25. The Hall–Kier alpha value is -3.20. The SMILES string of the molecule is COc1cc(C(=O)c2ccccc2)cc(C(=O)c2ccccc2)c1. The lowest BCUT2D eigenvalue weighted by Crippen LogP contribution is -2.06. The monoisotopic (exact) mass is 316 g/mol. The Morgan fingerprint density at radius 1 is 0.625 bits per heavy atom. The van der Waals surface area contributed by atoms with Crippen LogP contribution in [0, 0.1) is 0 Å². The van der Waals surface area contributed by atoms with E-state index in [4.69, 9.17) is 4.74 Å². The molecule has 0 fully saturated rings. The molecular formula is C21H16O3. The molecule has 0 atom stereocenters. The van der Waals surface area contributed by atoms with Gasteiger partial charge in [-0.05, 0) is 18.2 Å². The topological polar surface area (TPSA) is 43.4 Å². The molecule has 3 aromatic carbocycles. The van der Waals surface area contributed by atoms with Gasteiger partial charge in [0, 0.05) is 22.3 Å². The summed E-state index contributed by atoms with van der Waals surface area (Å²) >= 11 is 0. The second-order valence-electron chi connectivity index (χ2n) is 5.34. The molecule has 3 heteroatoms. The molecule has 0 aromatic heterocycles. The lowest BCUT2D eigenvalue weighted by atomic mass is 9.97. The van der Waals surface area contributed by atoms with Crippen molar-refractivity contribution >= 4 is 11.6 Å². The van der Waals surface area contributed by atoms with E-state index in [1.54, 1.807) is 42.5 Å². The molecule has 0 saturated carbocycles. The molecule has 0 unspecified atom stereocenters. The number of rotatable bonds is 5. The van der Waals surface area contributed by atoms with Crippen molar-refractivity contribution in [1.29, 1.82) is 0 Å².